The number of pyridine rings is 1. The zero-order valence-electron chi connectivity index (χ0n) is 20.5. The molecule has 180 valence electrons. The Morgan fingerprint density at radius 2 is 1.79 bits per heavy atom. The second kappa shape index (κ2) is 10.7. The number of morpholine rings is 1. The van der Waals surface area contributed by atoms with Crippen LogP contribution in [0.25, 0.3) is 10.9 Å². The molecule has 1 saturated heterocycles. The monoisotopic (exact) mass is 478 g/mol. The summed E-state index contributed by atoms with van der Waals surface area (Å²) in [6.07, 6.45) is 0. The van der Waals surface area contributed by atoms with Crippen LogP contribution in [0.4, 0.5) is 5.69 Å². The van der Waals surface area contributed by atoms with Crippen LogP contribution in [0.3, 0.4) is 0 Å². The van der Waals surface area contributed by atoms with Crippen molar-refractivity contribution in [2.24, 2.45) is 0 Å². The molecule has 2 heterocycles. The molecule has 34 heavy (non-hydrogen) atoms. The fourth-order valence-electron chi connectivity index (χ4n) is 4.54. The van der Waals surface area contributed by atoms with Crippen LogP contribution in [0.2, 0.25) is 0 Å². The SMILES string of the molecule is Cc1ccc(NC(=S)N(CCN2CCOCC2)Cc2cc3cc(C)cc(C)c3[nH]c2=O)c(C)c1. The van der Waals surface area contributed by atoms with E-state index in [9.17, 15) is 4.79 Å². The van der Waals surface area contributed by atoms with Gasteiger partial charge in [0.05, 0.1) is 25.3 Å². The molecule has 0 saturated carbocycles. The van der Waals surface area contributed by atoms with Crippen molar-refractivity contribution in [3.8, 4) is 0 Å². The number of ether oxygens (including phenoxy) is 1. The van der Waals surface area contributed by atoms with Crippen molar-refractivity contribution in [1.82, 2.24) is 14.8 Å². The second-order valence-electron chi connectivity index (χ2n) is 9.29. The number of aromatic amines is 1. The minimum atomic E-state index is -0.0647. The zero-order chi connectivity index (χ0) is 24.2. The quantitative estimate of drug-likeness (QED) is 0.516. The van der Waals surface area contributed by atoms with Crippen LogP contribution in [-0.2, 0) is 11.3 Å². The van der Waals surface area contributed by atoms with Crippen LogP contribution in [0, 0.1) is 27.7 Å². The lowest BCUT2D eigenvalue weighted by Crippen LogP contribution is -2.44. The maximum atomic E-state index is 13.0. The highest BCUT2D eigenvalue weighted by Gasteiger charge is 2.17. The van der Waals surface area contributed by atoms with Crippen molar-refractivity contribution >= 4 is 33.9 Å². The van der Waals surface area contributed by atoms with E-state index in [1.807, 2.05) is 13.0 Å². The lowest BCUT2D eigenvalue weighted by Gasteiger charge is -2.31. The Labute approximate surface area is 206 Å². The Morgan fingerprint density at radius 1 is 1.06 bits per heavy atom. The lowest BCUT2D eigenvalue weighted by atomic mass is 10.1. The van der Waals surface area contributed by atoms with Gasteiger partial charge in [-0.1, -0.05) is 29.3 Å². The van der Waals surface area contributed by atoms with Gasteiger partial charge in [0.25, 0.3) is 5.56 Å². The third-order valence-corrected chi connectivity index (χ3v) is 6.79. The first-order valence-electron chi connectivity index (χ1n) is 11.9. The molecule has 0 spiro atoms. The van der Waals surface area contributed by atoms with E-state index in [1.54, 1.807) is 0 Å². The molecule has 2 aromatic carbocycles. The fraction of sp³-hybridized carbons (Fsp3) is 0.407. The lowest BCUT2D eigenvalue weighted by molar-refractivity contribution is 0.0358. The van der Waals surface area contributed by atoms with E-state index in [4.69, 9.17) is 17.0 Å². The standard InChI is InChI=1S/C27H34N4O2S/c1-18-5-6-24(20(3)13-18)28-27(34)31(8-7-30-9-11-33-12-10-30)17-23-16-22-15-19(2)14-21(4)25(22)29-26(23)32/h5-6,13-16H,7-12,17H2,1-4H3,(H,28,34)(H,29,32). The number of aryl methyl sites for hydroxylation is 4. The molecule has 1 aromatic heterocycles. The topological polar surface area (TPSA) is 60.6 Å². The average Bonchev–Trinajstić information content (AvgIpc) is 2.80. The number of nitrogens with one attached hydrogen (secondary N) is 2. The maximum Gasteiger partial charge on any atom is 0.253 e. The number of thiocarbonyl (C=S) groups is 1. The van der Waals surface area contributed by atoms with Gasteiger partial charge in [-0.3, -0.25) is 9.69 Å². The number of nitrogens with zero attached hydrogens (tertiary/aromatic N) is 2. The number of benzene rings is 2. The van der Waals surface area contributed by atoms with Gasteiger partial charge in [0.2, 0.25) is 0 Å². The summed E-state index contributed by atoms with van der Waals surface area (Å²) in [6, 6.07) is 12.5. The predicted octanol–water partition coefficient (Wildman–Crippen LogP) is 4.29. The van der Waals surface area contributed by atoms with E-state index in [1.165, 1.54) is 11.1 Å². The molecule has 1 fully saturated rings. The van der Waals surface area contributed by atoms with E-state index in [2.05, 4.69) is 71.2 Å². The predicted molar refractivity (Wildman–Crippen MR) is 144 cm³/mol. The van der Waals surface area contributed by atoms with Crippen molar-refractivity contribution in [2.75, 3.05) is 44.7 Å². The minimum Gasteiger partial charge on any atom is -0.379 e. The molecule has 0 unspecified atom stereocenters. The van der Waals surface area contributed by atoms with Crippen molar-refractivity contribution in [2.45, 2.75) is 34.2 Å². The number of rotatable bonds is 6. The summed E-state index contributed by atoms with van der Waals surface area (Å²) < 4.78 is 5.49. The number of fused-ring (bicyclic) bond motifs is 1. The van der Waals surface area contributed by atoms with E-state index in [-0.39, 0.29) is 5.56 Å². The molecule has 0 aliphatic carbocycles. The minimum absolute atomic E-state index is 0.0647. The zero-order valence-corrected chi connectivity index (χ0v) is 21.3. The molecule has 1 aliphatic rings. The van der Waals surface area contributed by atoms with Gasteiger partial charge in [0.15, 0.2) is 5.11 Å². The van der Waals surface area contributed by atoms with Gasteiger partial charge in [-0.2, -0.15) is 0 Å². The molecule has 0 bridgehead atoms. The molecule has 0 atom stereocenters. The normalized spacial score (nSPS) is 14.4. The fourth-order valence-corrected chi connectivity index (χ4v) is 4.81. The van der Waals surface area contributed by atoms with E-state index < -0.39 is 0 Å². The Morgan fingerprint density at radius 3 is 2.53 bits per heavy atom. The molecule has 7 heteroatoms. The summed E-state index contributed by atoms with van der Waals surface area (Å²) in [4.78, 5) is 20.6. The first-order chi connectivity index (χ1) is 16.3. The van der Waals surface area contributed by atoms with Crippen LogP contribution < -0.4 is 10.9 Å². The summed E-state index contributed by atoms with van der Waals surface area (Å²) in [5, 5.41) is 5.10. The van der Waals surface area contributed by atoms with Crippen LogP contribution in [0.5, 0.6) is 0 Å². The van der Waals surface area contributed by atoms with Crippen LogP contribution in [0.1, 0.15) is 27.8 Å². The highest BCUT2D eigenvalue weighted by atomic mass is 32.1. The summed E-state index contributed by atoms with van der Waals surface area (Å²) in [5.41, 5.74) is 7.15. The average molecular weight is 479 g/mol. The van der Waals surface area contributed by atoms with Gasteiger partial charge in [0, 0.05) is 37.4 Å². The second-order valence-corrected chi connectivity index (χ2v) is 9.68. The first kappa shape index (κ1) is 24.4. The summed E-state index contributed by atoms with van der Waals surface area (Å²) in [7, 11) is 0. The molecule has 4 rings (SSSR count). The number of anilines is 1. The third-order valence-electron chi connectivity index (χ3n) is 6.43. The van der Waals surface area contributed by atoms with Crippen molar-refractivity contribution in [3.63, 3.8) is 0 Å². The molecular formula is C27H34N4O2S. The summed E-state index contributed by atoms with van der Waals surface area (Å²) in [5.74, 6) is 0. The Kier molecular flexibility index (Phi) is 7.66. The molecule has 0 amide bonds. The van der Waals surface area contributed by atoms with Gasteiger partial charge in [-0.25, -0.2) is 0 Å². The highest BCUT2D eigenvalue weighted by molar-refractivity contribution is 7.80. The summed E-state index contributed by atoms with van der Waals surface area (Å²) >= 11 is 5.86. The maximum absolute atomic E-state index is 13.0. The number of H-pyrrole nitrogens is 1. The number of hydrogen-bond donors (Lipinski definition) is 2. The molecule has 2 N–H and O–H groups in total. The molecule has 1 aliphatic heterocycles. The Bertz CT molecular complexity index is 1250. The van der Waals surface area contributed by atoms with E-state index in [0.717, 1.165) is 67.1 Å². The molecular weight excluding hydrogens is 444 g/mol. The van der Waals surface area contributed by atoms with Crippen LogP contribution in [0.15, 0.2) is 41.2 Å². The van der Waals surface area contributed by atoms with Gasteiger partial charge >= 0.3 is 0 Å². The largest absolute Gasteiger partial charge is 0.379 e. The number of hydrogen-bond acceptors (Lipinski definition) is 4. The van der Waals surface area contributed by atoms with Gasteiger partial charge in [-0.05, 0) is 74.6 Å². The number of aromatic nitrogens is 1. The third kappa shape index (κ3) is 5.84. The molecule has 0 radical (unpaired) electrons. The Balaban J connectivity index is 1.59. The summed E-state index contributed by atoms with van der Waals surface area (Å²) in [6.45, 7) is 13.6. The molecule has 3 aromatic rings. The van der Waals surface area contributed by atoms with E-state index in [0.29, 0.717) is 17.2 Å². The highest BCUT2D eigenvalue weighted by Crippen LogP contribution is 2.20. The van der Waals surface area contributed by atoms with Gasteiger partial charge in [0.1, 0.15) is 0 Å². The van der Waals surface area contributed by atoms with Crippen LogP contribution >= 0.6 is 12.2 Å². The molecule has 6 nitrogen and oxygen atoms in total. The first-order valence-corrected chi connectivity index (χ1v) is 12.3. The smallest absolute Gasteiger partial charge is 0.253 e. The van der Waals surface area contributed by atoms with Crippen molar-refractivity contribution < 1.29 is 4.74 Å². The van der Waals surface area contributed by atoms with Crippen molar-refractivity contribution in [3.05, 3.63) is 74.6 Å². The Hall–Kier alpha value is -2.74. The van der Waals surface area contributed by atoms with Crippen LogP contribution in [-0.4, -0.2) is 59.3 Å². The van der Waals surface area contributed by atoms with Crippen molar-refractivity contribution in [1.29, 1.82) is 0 Å². The van der Waals surface area contributed by atoms with E-state index >= 15 is 0 Å². The van der Waals surface area contributed by atoms with Gasteiger partial charge < -0.3 is 19.9 Å². The van der Waals surface area contributed by atoms with Gasteiger partial charge in [-0.15, -0.1) is 0 Å².